The van der Waals surface area contributed by atoms with Crippen LogP contribution in [0, 0.1) is 0 Å². The lowest BCUT2D eigenvalue weighted by Crippen LogP contribution is -2.26. The maximum Gasteiger partial charge on any atom is 0.355 e. The minimum atomic E-state index is -1.10. The van der Waals surface area contributed by atoms with Crippen LogP contribution < -0.4 is 11.1 Å². The van der Waals surface area contributed by atoms with Gasteiger partial charge in [0.1, 0.15) is 5.01 Å². The number of carboxylic acids is 1. The van der Waals surface area contributed by atoms with E-state index in [4.69, 9.17) is 22.4 Å². The molecule has 0 bridgehead atoms. The van der Waals surface area contributed by atoms with Crippen molar-refractivity contribution in [2.24, 2.45) is 0 Å². The first-order valence-corrected chi connectivity index (χ1v) is 7.18. The van der Waals surface area contributed by atoms with Crippen LogP contribution in [0.15, 0.2) is 23.6 Å². The molecule has 0 spiro atoms. The van der Waals surface area contributed by atoms with E-state index in [9.17, 15) is 9.59 Å². The van der Waals surface area contributed by atoms with Crippen LogP contribution in [0.25, 0.3) is 0 Å². The lowest BCUT2D eigenvalue weighted by molar-refractivity contribution is 0.0691. The molecular weight excluding hydrogens is 314 g/mol. The maximum atomic E-state index is 12.1. The van der Waals surface area contributed by atoms with E-state index in [2.05, 4.69) is 10.3 Å². The van der Waals surface area contributed by atoms with Gasteiger partial charge in [0.15, 0.2) is 5.69 Å². The van der Waals surface area contributed by atoms with Gasteiger partial charge in [-0.15, -0.1) is 11.3 Å². The molecule has 8 heteroatoms. The van der Waals surface area contributed by atoms with Crippen LogP contribution in [0.4, 0.5) is 5.69 Å². The minimum absolute atomic E-state index is 0.0388. The van der Waals surface area contributed by atoms with Gasteiger partial charge in [-0.2, -0.15) is 0 Å². The number of thiazole rings is 1. The molecule has 1 atom stereocenters. The van der Waals surface area contributed by atoms with Gasteiger partial charge in [0.25, 0.3) is 5.91 Å². The van der Waals surface area contributed by atoms with Crippen molar-refractivity contribution in [2.45, 2.75) is 13.0 Å². The molecule has 1 heterocycles. The van der Waals surface area contributed by atoms with Crippen LogP contribution in [-0.2, 0) is 0 Å². The van der Waals surface area contributed by atoms with Gasteiger partial charge in [0.2, 0.25) is 0 Å². The SMILES string of the molecule is CC(NC(=O)c1cc(N)cc(Cl)c1)c1nc(C(=O)O)cs1. The number of nitrogens with two attached hydrogens (primary N) is 1. The van der Waals surface area contributed by atoms with Gasteiger partial charge in [-0.3, -0.25) is 4.79 Å². The number of aromatic nitrogens is 1. The van der Waals surface area contributed by atoms with Crippen molar-refractivity contribution >= 4 is 40.5 Å². The Morgan fingerprint density at radius 3 is 2.71 bits per heavy atom. The van der Waals surface area contributed by atoms with E-state index in [-0.39, 0.29) is 11.6 Å². The van der Waals surface area contributed by atoms with Gasteiger partial charge < -0.3 is 16.2 Å². The zero-order valence-corrected chi connectivity index (χ0v) is 12.5. The van der Waals surface area contributed by atoms with Crippen LogP contribution in [0.5, 0.6) is 0 Å². The lowest BCUT2D eigenvalue weighted by atomic mass is 10.2. The van der Waals surface area contributed by atoms with Crippen LogP contribution in [-0.4, -0.2) is 22.0 Å². The minimum Gasteiger partial charge on any atom is -0.476 e. The largest absolute Gasteiger partial charge is 0.476 e. The number of nitrogen functional groups attached to an aromatic ring is 1. The zero-order chi connectivity index (χ0) is 15.6. The molecule has 0 aliphatic rings. The number of hydrogen-bond donors (Lipinski definition) is 3. The molecule has 1 aromatic heterocycles. The summed E-state index contributed by atoms with van der Waals surface area (Å²) < 4.78 is 0. The quantitative estimate of drug-likeness (QED) is 0.749. The summed E-state index contributed by atoms with van der Waals surface area (Å²) in [6.07, 6.45) is 0. The zero-order valence-electron chi connectivity index (χ0n) is 11.0. The highest BCUT2D eigenvalue weighted by atomic mass is 35.5. The summed E-state index contributed by atoms with van der Waals surface area (Å²) in [5.74, 6) is -1.46. The smallest absolute Gasteiger partial charge is 0.355 e. The molecular formula is C13H12ClN3O3S. The molecule has 0 radical (unpaired) electrons. The number of carbonyl (C=O) groups is 2. The van der Waals surface area contributed by atoms with Gasteiger partial charge in [-0.25, -0.2) is 9.78 Å². The second kappa shape index (κ2) is 6.11. The number of amides is 1. The molecule has 0 saturated carbocycles. The summed E-state index contributed by atoms with van der Waals surface area (Å²) in [4.78, 5) is 26.8. The number of rotatable bonds is 4. The van der Waals surface area contributed by atoms with Gasteiger partial charge >= 0.3 is 5.97 Å². The number of nitrogens with zero attached hydrogens (tertiary/aromatic N) is 1. The second-order valence-corrected chi connectivity index (χ2v) is 5.67. The van der Waals surface area contributed by atoms with Crippen LogP contribution >= 0.6 is 22.9 Å². The Balaban J connectivity index is 2.12. The van der Waals surface area contributed by atoms with Crippen molar-refractivity contribution in [2.75, 3.05) is 5.73 Å². The van der Waals surface area contributed by atoms with Crippen molar-refractivity contribution in [1.29, 1.82) is 0 Å². The van der Waals surface area contributed by atoms with Gasteiger partial charge in [0.05, 0.1) is 6.04 Å². The summed E-state index contributed by atoms with van der Waals surface area (Å²) >= 11 is 7.02. The molecule has 0 fully saturated rings. The fraction of sp³-hybridized carbons (Fsp3) is 0.154. The van der Waals surface area contributed by atoms with E-state index in [1.807, 2.05) is 0 Å². The van der Waals surface area contributed by atoms with Crippen LogP contribution in [0.1, 0.15) is 38.8 Å². The Labute approximate surface area is 129 Å². The predicted molar refractivity (Wildman–Crippen MR) is 80.8 cm³/mol. The highest BCUT2D eigenvalue weighted by Gasteiger charge is 2.17. The van der Waals surface area contributed by atoms with E-state index in [1.54, 1.807) is 13.0 Å². The molecule has 6 nitrogen and oxygen atoms in total. The molecule has 4 N–H and O–H groups in total. The van der Waals surface area contributed by atoms with Gasteiger partial charge in [-0.05, 0) is 25.1 Å². The number of aromatic carboxylic acids is 1. The topological polar surface area (TPSA) is 105 Å². The summed E-state index contributed by atoms with van der Waals surface area (Å²) in [5.41, 5.74) is 6.32. The molecule has 0 saturated heterocycles. The van der Waals surface area contributed by atoms with Gasteiger partial charge in [-0.1, -0.05) is 11.6 Å². The number of nitrogens with one attached hydrogen (secondary N) is 1. The average molecular weight is 326 g/mol. The van der Waals surface area contributed by atoms with E-state index in [0.717, 1.165) is 0 Å². The molecule has 1 aromatic carbocycles. The molecule has 1 amide bonds. The molecule has 0 aliphatic carbocycles. The van der Waals surface area contributed by atoms with E-state index in [0.29, 0.717) is 21.3 Å². The number of carbonyl (C=O) groups excluding carboxylic acids is 1. The fourth-order valence-electron chi connectivity index (χ4n) is 1.67. The molecule has 0 aliphatic heterocycles. The molecule has 1 unspecified atom stereocenters. The summed E-state index contributed by atoms with van der Waals surface area (Å²) in [6, 6.07) is 4.14. The van der Waals surface area contributed by atoms with Gasteiger partial charge in [0, 0.05) is 21.7 Å². The monoisotopic (exact) mass is 325 g/mol. The number of hydrogen-bond acceptors (Lipinski definition) is 5. The third kappa shape index (κ3) is 3.71. The lowest BCUT2D eigenvalue weighted by Gasteiger charge is -2.11. The Morgan fingerprint density at radius 2 is 2.14 bits per heavy atom. The third-order valence-electron chi connectivity index (χ3n) is 2.64. The van der Waals surface area contributed by atoms with Crippen molar-refractivity contribution in [1.82, 2.24) is 10.3 Å². The number of benzene rings is 1. The van der Waals surface area contributed by atoms with E-state index < -0.39 is 12.0 Å². The summed E-state index contributed by atoms with van der Waals surface area (Å²) in [6.45, 7) is 1.72. The van der Waals surface area contributed by atoms with Crippen LogP contribution in [0.2, 0.25) is 5.02 Å². The van der Waals surface area contributed by atoms with Crippen molar-refractivity contribution in [3.63, 3.8) is 0 Å². The number of halogens is 1. The van der Waals surface area contributed by atoms with E-state index in [1.165, 1.54) is 28.8 Å². The normalized spacial score (nSPS) is 11.9. The predicted octanol–water partition coefficient (Wildman–Crippen LogP) is 2.57. The number of carboxylic acid groups (broad SMARTS) is 1. The summed E-state index contributed by atoms with van der Waals surface area (Å²) in [5, 5.41) is 13.9. The molecule has 21 heavy (non-hydrogen) atoms. The Bertz CT molecular complexity index is 681. The highest BCUT2D eigenvalue weighted by molar-refractivity contribution is 7.09. The second-order valence-electron chi connectivity index (χ2n) is 4.34. The van der Waals surface area contributed by atoms with E-state index >= 15 is 0 Å². The fourth-order valence-corrected chi connectivity index (χ4v) is 2.71. The first-order chi connectivity index (χ1) is 9.86. The third-order valence-corrected chi connectivity index (χ3v) is 3.89. The Hall–Kier alpha value is -2.12. The van der Waals surface area contributed by atoms with Crippen molar-refractivity contribution < 1.29 is 14.7 Å². The first-order valence-electron chi connectivity index (χ1n) is 5.92. The summed E-state index contributed by atoms with van der Waals surface area (Å²) in [7, 11) is 0. The standard InChI is InChI=1S/C13H12ClN3O3S/c1-6(12-17-10(5-21-12)13(19)20)16-11(18)7-2-8(14)4-9(15)3-7/h2-6H,15H2,1H3,(H,16,18)(H,19,20). The molecule has 110 valence electrons. The Kier molecular flexibility index (Phi) is 4.44. The maximum absolute atomic E-state index is 12.1. The van der Waals surface area contributed by atoms with Crippen molar-refractivity contribution in [3.05, 3.63) is 44.9 Å². The Morgan fingerprint density at radius 1 is 1.43 bits per heavy atom. The highest BCUT2D eigenvalue weighted by Crippen LogP contribution is 2.20. The molecule has 2 aromatic rings. The average Bonchev–Trinajstić information content (AvgIpc) is 2.87. The van der Waals surface area contributed by atoms with Crippen molar-refractivity contribution in [3.8, 4) is 0 Å². The first kappa shape index (κ1) is 15.3. The number of anilines is 1. The van der Waals surface area contributed by atoms with Crippen LogP contribution in [0.3, 0.4) is 0 Å². The molecule has 2 rings (SSSR count).